The van der Waals surface area contributed by atoms with Crippen LogP contribution in [0, 0.1) is 13.8 Å². The van der Waals surface area contributed by atoms with Crippen LogP contribution in [-0.2, 0) is 10.0 Å². The molecule has 0 saturated carbocycles. The first kappa shape index (κ1) is 19.8. The minimum absolute atomic E-state index is 0.143. The van der Waals surface area contributed by atoms with Crippen LogP contribution < -0.4 is 4.90 Å². The first-order valence-electron chi connectivity index (χ1n) is 9.23. The zero-order valence-electron chi connectivity index (χ0n) is 16.2. The third-order valence-corrected chi connectivity index (χ3v) is 7.28. The maximum absolute atomic E-state index is 12.9. The zero-order valence-corrected chi connectivity index (χ0v) is 17.7. The number of rotatable bonds is 4. The summed E-state index contributed by atoms with van der Waals surface area (Å²) < 4.78 is 29.0. The Labute approximate surface area is 174 Å². The minimum Gasteiger partial charge on any atom is -0.352 e. The van der Waals surface area contributed by atoms with Gasteiger partial charge in [0.05, 0.1) is 10.7 Å². The van der Waals surface area contributed by atoms with E-state index in [4.69, 9.17) is 11.6 Å². The van der Waals surface area contributed by atoms with Gasteiger partial charge in [-0.15, -0.1) is 10.2 Å². The Balaban J connectivity index is 1.46. The van der Waals surface area contributed by atoms with Gasteiger partial charge in [0, 0.05) is 31.9 Å². The van der Waals surface area contributed by atoms with Crippen LogP contribution in [0.4, 0.5) is 5.82 Å². The van der Waals surface area contributed by atoms with Gasteiger partial charge in [-0.3, -0.25) is 0 Å². The Morgan fingerprint density at radius 2 is 1.59 bits per heavy atom. The van der Waals surface area contributed by atoms with E-state index in [0.717, 1.165) is 11.4 Å². The second-order valence-corrected chi connectivity index (χ2v) is 9.22. The van der Waals surface area contributed by atoms with Crippen LogP contribution in [0.25, 0.3) is 5.82 Å². The van der Waals surface area contributed by atoms with Crippen molar-refractivity contribution in [1.29, 1.82) is 0 Å². The molecule has 8 nitrogen and oxygen atoms in total. The third-order valence-electron chi connectivity index (χ3n) is 4.88. The fraction of sp³-hybridized carbons (Fsp3) is 0.316. The van der Waals surface area contributed by atoms with Crippen LogP contribution in [0.15, 0.2) is 47.4 Å². The summed E-state index contributed by atoms with van der Waals surface area (Å²) in [5.41, 5.74) is 1.91. The molecule has 10 heteroatoms. The molecule has 0 bridgehead atoms. The second-order valence-electron chi connectivity index (χ2n) is 6.91. The van der Waals surface area contributed by atoms with Gasteiger partial charge in [0.2, 0.25) is 10.0 Å². The molecular formula is C19H21ClN6O2S. The molecular weight excluding hydrogens is 412 g/mol. The molecule has 3 heterocycles. The van der Waals surface area contributed by atoms with Crippen molar-refractivity contribution in [1.82, 2.24) is 24.3 Å². The van der Waals surface area contributed by atoms with Crippen molar-refractivity contribution in [2.24, 2.45) is 0 Å². The SMILES string of the molecule is Cc1cc(C)n(-c2ccc(N3CCN(S(=O)(=O)c4ccccc4Cl)CC3)nn2)n1. The lowest BCUT2D eigenvalue weighted by Crippen LogP contribution is -2.49. The van der Waals surface area contributed by atoms with Gasteiger partial charge in [0.1, 0.15) is 4.90 Å². The van der Waals surface area contributed by atoms with Gasteiger partial charge in [-0.2, -0.15) is 9.40 Å². The molecule has 0 N–H and O–H groups in total. The number of piperazine rings is 1. The fourth-order valence-electron chi connectivity index (χ4n) is 3.41. The molecule has 3 aromatic rings. The fourth-order valence-corrected chi connectivity index (χ4v) is 5.33. The van der Waals surface area contributed by atoms with E-state index in [9.17, 15) is 8.42 Å². The van der Waals surface area contributed by atoms with E-state index in [1.807, 2.05) is 36.9 Å². The lowest BCUT2D eigenvalue weighted by atomic mass is 10.3. The lowest BCUT2D eigenvalue weighted by Gasteiger charge is -2.34. The highest BCUT2D eigenvalue weighted by Crippen LogP contribution is 2.25. The van der Waals surface area contributed by atoms with E-state index in [0.29, 0.717) is 37.8 Å². The largest absolute Gasteiger partial charge is 0.352 e. The van der Waals surface area contributed by atoms with Crippen molar-refractivity contribution in [2.45, 2.75) is 18.7 Å². The molecule has 0 spiro atoms. The van der Waals surface area contributed by atoms with Crippen LogP contribution in [0.3, 0.4) is 0 Å². The molecule has 29 heavy (non-hydrogen) atoms. The van der Waals surface area contributed by atoms with Crippen molar-refractivity contribution < 1.29 is 8.42 Å². The summed E-state index contributed by atoms with van der Waals surface area (Å²) in [6.45, 7) is 5.66. The summed E-state index contributed by atoms with van der Waals surface area (Å²) in [6, 6.07) is 12.3. The van der Waals surface area contributed by atoms with Crippen LogP contribution in [0.5, 0.6) is 0 Å². The molecule has 1 aliphatic heterocycles. The van der Waals surface area contributed by atoms with Crippen molar-refractivity contribution in [3.05, 3.63) is 58.9 Å². The van der Waals surface area contributed by atoms with Gasteiger partial charge >= 0.3 is 0 Å². The number of sulfonamides is 1. The summed E-state index contributed by atoms with van der Waals surface area (Å²) in [5, 5.41) is 13.2. The van der Waals surface area contributed by atoms with E-state index in [2.05, 4.69) is 15.3 Å². The monoisotopic (exact) mass is 432 g/mol. The van der Waals surface area contributed by atoms with Crippen molar-refractivity contribution in [2.75, 3.05) is 31.1 Å². The van der Waals surface area contributed by atoms with Crippen molar-refractivity contribution in [3.63, 3.8) is 0 Å². The predicted octanol–water partition coefficient (Wildman–Crippen LogP) is 2.44. The Morgan fingerprint density at radius 3 is 2.17 bits per heavy atom. The van der Waals surface area contributed by atoms with Crippen LogP contribution in [0.1, 0.15) is 11.4 Å². The maximum atomic E-state index is 12.9. The third kappa shape index (κ3) is 3.85. The smallest absolute Gasteiger partial charge is 0.244 e. The number of benzene rings is 1. The highest BCUT2D eigenvalue weighted by atomic mass is 35.5. The minimum atomic E-state index is -3.62. The molecule has 1 fully saturated rings. The lowest BCUT2D eigenvalue weighted by molar-refractivity contribution is 0.383. The van der Waals surface area contributed by atoms with E-state index in [1.165, 1.54) is 10.4 Å². The number of halogens is 1. The Morgan fingerprint density at radius 1 is 0.931 bits per heavy atom. The van der Waals surface area contributed by atoms with Crippen molar-refractivity contribution >= 4 is 27.4 Å². The summed E-state index contributed by atoms with van der Waals surface area (Å²) in [7, 11) is -3.62. The van der Waals surface area contributed by atoms with Crippen LogP contribution >= 0.6 is 11.6 Å². The summed E-state index contributed by atoms with van der Waals surface area (Å²) in [4.78, 5) is 2.17. The number of hydrogen-bond acceptors (Lipinski definition) is 6. The summed E-state index contributed by atoms with van der Waals surface area (Å²) in [6.07, 6.45) is 0. The van der Waals surface area contributed by atoms with E-state index < -0.39 is 10.0 Å². The average molecular weight is 433 g/mol. The molecule has 152 valence electrons. The van der Waals surface area contributed by atoms with Gasteiger partial charge in [0.15, 0.2) is 11.6 Å². The topological polar surface area (TPSA) is 84.2 Å². The maximum Gasteiger partial charge on any atom is 0.244 e. The molecule has 2 aromatic heterocycles. The Bertz CT molecular complexity index is 1120. The van der Waals surface area contributed by atoms with Gasteiger partial charge in [0.25, 0.3) is 0 Å². The highest BCUT2D eigenvalue weighted by Gasteiger charge is 2.30. The molecule has 1 aliphatic rings. The zero-order chi connectivity index (χ0) is 20.6. The standard InChI is InChI=1S/C19H21ClN6O2S/c1-14-13-15(2)26(23-14)19-8-7-18(21-22-19)24-9-11-25(12-10-24)29(27,28)17-6-4-3-5-16(17)20/h3-8,13H,9-12H2,1-2H3. The number of aryl methyl sites for hydroxylation is 2. The molecule has 1 aromatic carbocycles. The molecule has 4 rings (SSSR count). The van der Waals surface area contributed by atoms with Crippen molar-refractivity contribution in [3.8, 4) is 5.82 Å². The summed E-state index contributed by atoms with van der Waals surface area (Å²) >= 11 is 6.09. The first-order chi connectivity index (χ1) is 13.9. The second kappa shape index (κ2) is 7.74. The molecule has 0 atom stereocenters. The normalized spacial score (nSPS) is 15.6. The molecule has 1 saturated heterocycles. The number of nitrogens with zero attached hydrogens (tertiary/aromatic N) is 6. The number of hydrogen-bond donors (Lipinski definition) is 0. The molecule has 0 radical (unpaired) electrons. The molecule has 0 amide bonds. The highest BCUT2D eigenvalue weighted by molar-refractivity contribution is 7.89. The van der Waals surface area contributed by atoms with Crippen LogP contribution in [0.2, 0.25) is 5.02 Å². The summed E-state index contributed by atoms with van der Waals surface area (Å²) in [5.74, 6) is 1.37. The molecule has 0 aliphatic carbocycles. The Hall–Kier alpha value is -2.49. The average Bonchev–Trinajstić information content (AvgIpc) is 3.06. The van der Waals surface area contributed by atoms with Crippen LogP contribution in [-0.4, -0.2) is 58.9 Å². The first-order valence-corrected chi connectivity index (χ1v) is 11.0. The van der Waals surface area contributed by atoms with E-state index >= 15 is 0 Å². The van der Waals surface area contributed by atoms with Gasteiger partial charge in [-0.1, -0.05) is 23.7 Å². The predicted molar refractivity (Wildman–Crippen MR) is 111 cm³/mol. The quantitative estimate of drug-likeness (QED) is 0.629. The molecule has 0 unspecified atom stereocenters. The van der Waals surface area contributed by atoms with E-state index in [-0.39, 0.29) is 9.92 Å². The number of anilines is 1. The number of aromatic nitrogens is 4. The van der Waals surface area contributed by atoms with Gasteiger partial charge in [-0.05, 0) is 44.2 Å². The van der Waals surface area contributed by atoms with Gasteiger partial charge in [-0.25, -0.2) is 13.1 Å². The van der Waals surface area contributed by atoms with E-state index in [1.54, 1.807) is 22.9 Å². The van der Waals surface area contributed by atoms with Gasteiger partial charge < -0.3 is 4.90 Å². The Kier molecular flexibility index (Phi) is 5.28.